The van der Waals surface area contributed by atoms with Crippen molar-refractivity contribution in [1.29, 1.82) is 0 Å². The van der Waals surface area contributed by atoms with Gasteiger partial charge in [0.1, 0.15) is 17.3 Å². The molecule has 6 nitrogen and oxygen atoms in total. The second-order valence-corrected chi connectivity index (χ2v) is 4.98. The number of halogens is 1. The van der Waals surface area contributed by atoms with Crippen molar-refractivity contribution in [3.05, 3.63) is 17.5 Å². The fourth-order valence-corrected chi connectivity index (χ4v) is 2.02. The lowest BCUT2D eigenvalue weighted by molar-refractivity contribution is 0.259. The smallest absolute Gasteiger partial charge is 0.255 e. The van der Waals surface area contributed by atoms with Gasteiger partial charge in [0, 0.05) is 6.07 Å². The average Bonchev–Trinajstić information content (AvgIpc) is 2.75. The number of hydrogen-bond acceptors (Lipinski definition) is 5. The van der Waals surface area contributed by atoms with Gasteiger partial charge in [-0.1, -0.05) is 25.4 Å². The van der Waals surface area contributed by atoms with Crippen LogP contribution >= 0.6 is 11.6 Å². The number of aromatic nitrogens is 4. The highest BCUT2D eigenvalue weighted by Gasteiger charge is 2.13. The van der Waals surface area contributed by atoms with Crippen LogP contribution in [0.15, 0.2) is 12.4 Å². The van der Waals surface area contributed by atoms with Gasteiger partial charge in [0.2, 0.25) is 0 Å². The van der Waals surface area contributed by atoms with Gasteiger partial charge in [0.05, 0.1) is 12.6 Å². The molecule has 2 aromatic heterocycles. The molecule has 0 aromatic carbocycles. The maximum absolute atomic E-state index is 9.37. The van der Waals surface area contributed by atoms with Crippen molar-refractivity contribution in [3.8, 4) is 0 Å². The van der Waals surface area contributed by atoms with Gasteiger partial charge in [0.25, 0.3) is 5.78 Å². The fourth-order valence-electron chi connectivity index (χ4n) is 1.84. The summed E-state index contributed by atoms with van der Waals surface area (Å²) in [5.74, 6) is 1.60. The fraction of sp³-hybridized carbons (Fsp3) is 0.545. The van der Waals surface area contributed by atoms with Crippen LogP contribution in [-0.4, -0.2) is 37.3 Å². The lowest BCUT2D eigenvalue weighted by atomic mass is 10.0. The SMILES string of the molecule is CC(C)CC(CO)Nc1cc(Cl)nc2ncnn12. The first kappa shape index (κ1) is 13.0. The van der Waals surface area contributed by atoms with E-state index in [0.717, 1.165) is 6.42 Å². The maximum Gasteiger partial charge on any atom is 0.255 e. The Hall–Kier alpha value is -1.40. The Labute approximate surface area is 110 Å². The van der Waals surface area contributed by atoms with Crippen molar-refractivity contribution in [2.75, 3.05) is 11.9 Å². The van der Waals surface area contributed by atoms with Gasteiger partial charge in [-0.25, -0.2) is 0 Å². The number of nitrogens with zero attached hydrogens (tertiary/aromatic N) is 4. The number of fused-ring (bicyclic) bond motifs is 1. The van der Waals surface area contributed by atoms with E-state index in [0.29, 0.717) is 22.7 Å². The van der Waals surface area contributed by atoms with E-state index in [9.17, 15) is 5.11 Å². The van der Waals surface area contributed by atoms with Crippen LogP contribution in [0.3, 0.4) is 0 Å². The minimum atomic E-state index is -0.0455. The Morgan fingerprint density at radius 2 is 2.28 bits per heavy atom. The van der Waals surface area contributed by atoms with Crippen LogP contribution in [-0.2, 0) is 0 Å². The molecule has 0 radical (unpaired) electrons. The second-order valence-electron chi connectivity index (χ2n) is 4.59. The van der Waals surface area contributed by atoms with Crippen molar-refractivity contribution in [1.82, 2.24) is 19.6 Å². The van der Waals surface area contributed by atoms with Crippen molar-refractivity contribution >= 4 is 23.2 Å². The zero-order valence-corrected chi connectivity index (χ0v) is 11.1. The van der Waals surface area contributed by atoms with Crippen LogP contribution in [0.2, 0.25) is 5.15 Å². The van der Waals surface area contributed by atoms with Crippen LogP contribution in [0.1, 0.15) is 20.3 Å². The van der Waals surface area contributed by atoms with Crippen molar-refractivity contribution in [3.63, 3.8) is 0 Å². The van der Waals surface area contributed by atoms with Gasteiger partial charge < -0.3 is 10.4 Å². The summed E-state index contributed by atoms with van der Waals surface area (Å²) >= 11 is 5.92. The first-order chi connectivity index (χ1) is 8.60. The Bertz CT molecular complexity index is 527. The molecule has 2 rings (SSSR count). The molecule has 0 bridgehead atoms. The molecular formula is C11H16ClN5O. The number of aliphatic hydroxyl groups excluding tert-OH is 1. The van der Waals surface area contributed by atoms with Crippen LogP contribution in [0.25, 0.3) is 5.78 Å². The molecule has 0 aliphatic carbocycles. The lowest BCUT2D eigenvalue weighted by Gasteiger charge is -2.19. The van der Waals surface area contributed by atoms with Crippen LogP contribution in [0.4, 0.5) is 5.82 Å². The number of anilines is 1. The number of hydrogen-bond donors (Lipinski definition) is 2. The molecule has 18 heavy (non-hydrogen) atoms. The zero-order valence-electron chi connectivity index (χ0n) is 10.3. The zero-order chi connectivity index (χ0) is 13.1. The quantitative estimate of drug-likeness (QED) is 0.807. The molecule has 0 fully saturated rings. The molecule has 98 valence electrons. The highest BCUT2D eigenvalue weighted by Crippen LogP contribution is 2.17. The molecule has 2 heterocycles. The van der Waals surface area contributed by atoms with Crippen LogP contribution in [0, 0.1) is 5.92 Å². The Morgan fingerprint density at radius 3 is 2.94 bits per heavy atom. The van der Waals surface area contributed by atoms with Crippen LogP contribution < -0.4 is 5.32 Å². The third-order valence-electron chi connectivity index (χ3n) is 2.55. The molecule has 2 aromatic rings. The van der Waals surface area contributed by atoms with Gasteiger partial charge >= 0.3 is 0 Å². The summed E-state index contributed by atoms with van der Waals surface area (Å²) in [7, 11) is 0. The largest absolute Gasteiger partial charge is 0.394 e. The third kappa shape index (κ3) is 2.88. The standard InChI is InChI=1S/C11H16ClN5O/c1-7(2)3-8(5-18)15-10-4-9(12)16-11-13-6-14-17(10)11/h4,6-8,15,18H,3,5H2,1-2H3. The monoisotopic (exact) mass is 269 g/mol. The summed E-state index contributed by atoms with van der Waals surface area (Å²) in [6.07, 6.45) is 2.27. The second kappa shape index (κ2) is 5.49. The lowest BCUT2D eigenvalue weighted by Crippen LogP contribution is -2.27. The van der Waals surface area contributed by atoms with E-state index in [4.69, 9.17) is 11.6 Å². The Balaban J connectivity index is 2.26. The van der Waals surface area contributed by atoms with E-state index in [1.54, 1.807) is 10.6 Å². The van der Waals surface area contributed by atoms with E-state index in [2.05, 4.69) is 34.2 Å². The van der Waals surface area contributed by atoms with E-state index >= 15 is 0 Å². The van der Waals surface area contributed by atoms with Crippen LogP contribution in [0.5, 0.6) is 0 Å². The summed E-state index contributed by atoms with van der Waals surface area (Å²) in [6, 6.07) is 1.63. The number of rotatable bonds is 5. The molecule has 0 aliphatic heterocycles. The maximum atomic E-state index is 9.37. The molecule has 0 saturated carbocycles. The molecule has 0 spiro atoms. The topological polar surface area (TPSA) is 75.3 Å². The molecule has 1 atom stereocenters. The predicted octanol–water partition coefficient (Wildman–Crippen LogP) is 1.60. The summed E-state index contributed by atoms with van der Waals surface area (Å²) in [4.78, 5) is 8.03. The highest BCUT2D eigenvalue weighted by atomic mass is 35.5. The van der Waals surface area contributed by atoms with Crippen molar-refractivity contribution in [2.24, 2.45) is 5.92 Å². The summed E-state index contributed by atoms with van der Waals surface area (Å²) < 4.78 is 1.56. The van der Waals surface area contributed by atoms with E-state index in [1.807, 2.05) is 0 Å². The predicted molar refractivity (Wildman–Crippen MR) is 69.7 cm³/mol. The summed E-state index contributed by atoms with van der Waals surface area (Å²) in [5, 5.41) is 17.0. The van der Waals surface area contributed by atoms with Crippen molar-refractivity contribution in [2.45, 2.75) is 26.3 Å². The van der Waals surface area contributed by atoms with Gasteiger partial charge in [-0.3, -0.25) is 0 Å². The van der Waals surface area contributed by atoms with E-state index in [-0.39, 0.29) is 12.6 Å². The first-order valence-corrected chi connectivity index (χ1v) is 6.21. The van der Waals surface area contributed by atoms with E-state index < -0.39 is 0 Å². The Kier molecular flexibility index (Phi) is 3.98. The average molecular weight is 270 g/mol. The molecule has 0 saturated heterocycles. The van der Waals surface area contributed by atoms with Gasteiger partial charge in [-0.15, -0.1) is 0 Å². The highest BCUT2D eigenvalue weighted by molar-refractivity contribution is 6.29. The van der Waals surface area contributed by atoms with Gasteiger partial charge in [-0.2, -0.15) is 19.6 Å². The Morgan fingerprint density at radius 1 is 1.50 bits per heavy atom. The first-order valence-electron chi connectivity index (χ1n) is 5.84. The van der Waals surface area contributed by atoms with E-state index in [1.165, 1.54) is 6.33 Å². The molecule has 1 unspecified atom stereocenters. The number of nitrogens with one attached hydrogen (secondary N) is 1. The minimum Gasteiger partial charge on any atom is -0.394 e. The normalized spacial score (nSPS) is 13.2. The summed E-state index contributed by atoms with van der Waals surface area (Å²) in [6.45, 7) is 4.26. The van der Waals surface area contributed by atoms with Crippen molar-refractivity contribution < 1.29 is 5.11 Å². The minimum absolute atomic E-state index is 0.0455. The van der Waals surface area contributed by atoms with Gasteiger partial charge in [-0.05, 0) is 12.3 Å². The summed E-state index contributed by atoms with van der Waals surface area (Å²) in [5.41, 5.74) is 0. The molecule has 2 N–H and O–H groups in total. The molecule has 0 aliphatic rings. The molecule has 0 amide bonds. The molecule has 7 heteroatoms. The molecular weight excluding hydrogens is 254 g/mol. The third-order valence-corrected chi connectivity index (χ3v) is 2.74. The van der Waals surface area contributed by atoms with Gasteiger partial charge in [0.15, 0.2) is 0 Å². The number of aliphatic hydroxyl groups is 1.